The second kappa shape index (κ2) is 7.62. The molecule has 25 heavy (non-hydrogen) atoms. The van der Waals surface area contributed by atoms with E-state index >= 15 is 0 Å². The predicted molar refractivity (Wildman–Crippen MR) is 100 cm³/mol. The first-order valence-corrected chi connectivity index (χ1v) is 8.12. The molecule has 126 valence electrons. The number of ether oxygens (including phenoxy) is 1. The van der Waals surface area contributed by atoms with Gasteiger partial charge in [0.25, 0.3) is 5.91 Å². The molecule has 0 fully saturated rings. The number of hydrogen-bond acceptors (Lipinski definition) is 3. The summed E-state index contributed by atoms with van der Waals surface area (Å²) in [5.41, 5.74) is 1.91. The van der Waals surface area contributed by atoms with Gasteiger partial charge in [-0.3, -0.25) is 4.79 Å². The smallest absolute Gasteiger partial charge is 0.260 e. The predicted octanol–water partition coefficient (Wildman–Crippen LogP) is 3.87. The Balaban J connectivity index is 1.70. The molecule has 0 aliphatic rings. The van der Waals surface area contributed by atoms with Crippen LogP contribution in [0.5, 0.6) is 5.75 Å². The fourth-order valence-electron chi connectivity index (χ4n) is 2.74. The van der Waals surface area contributed by atoms with Crippen molar-refractivity contribution >= 4 is 22.9 Å². The van der Waals surface area contributed by atoms with Gasteiger partial charge in [0.15, 0.2) is 6.61 Å². The zero-order valence-electron chi connectivity index (χ0n) is 14.1. The highest BCUT2D eigenvalue weighted by atomic mass is 16.5. The minimum absolute atomic E-state index is 0.0166. The molecule has 0 unspecified atom stereocenters. The number of amides is 1. The lowest BCUT2D eigenvalue weighted by Gasteiger charge is -2.18. The van der Waals surface area contributed by atoms with E-state index in [4.69, 9.17) is 10.1 Å². The Morgan fingerprint density at radius 1 is 1.00 bits per heavy atom. The van der Waals surface area contributed by atoms with Crippen LogP contribution < -0.4 is 4.74 Å². The van der Waals surface area contributed by atoms with Crippen molar-refractivity contribution in [2.45, 2.75) is 6.54 Å². The summed E-state index contributed by atoms with van der Waals surface area (Å²) in [6.07, 6.45) is 1.32. The number of nitrogens with one attached hydrogen (secondary N) is 1. The third-order valence-corrected chi connectivity index (χ3v) is 4.11. The Kier molecular flexibility index (Phi) is 5.09. The summed E-state index contributed by atoms with van der Waals surface area (Å²) in [7, 11) is 1.77. The van der Waals surface area contributed by atoms with E-state index < -0.39 is 0 Å². The number of likely N-dealkylation sites (N-methyl/N-ethyl adjacent to an activating group) is 1. The quantitative estimate of drug-likeness (QED) is 0.697. The molecular weight excluding hydrogens is 312 g/mol. The van der Waals surface area contributed by atoms with Crippen LogP contribution in [0.2, 0.25) is 0 Å². The standard InChI is InChI=1S/C21H20N2O2/c1-23(14-16-7-3-2-4-8-16)21(24)15-25-20-12-11-17(13-22)18-9-5-6-10-19(18)20/h2-13,22H,14-15H2,1H3. The molecule has 3 rings (SSSR count). The van der Waals surface area contributed by atoms with E-state index in [9.17, 15) is 4.79 Å². The number of benzene rings is 3. The largest absolute Gasteiger partial charge is 0.483 e. The molecule has 0 saturated carbocycles. The lowest BCUT2D eigenvalue weighted by Crippen LogP contribution is -2.30. The minimum Gasteiger partial charge on any atom is -0.483 e. The number of hydrogen-bond donors (Lipinski definition) is 1. The van der Waals surface area contributed by atoms with Crippen LogP contribution in [-0.2, 0) is 11.3 Å². The maximum Gasteiger partial charge on any atom is 0.260 e. The summed E-state index contributed by atoms with van der Waals surface area (Å²) in [5.74, 6) is 0.576. The van der Waals surface area contributed by atoms with Gasteiger partial charge >= 0.3 is 0 Å². The van der Waals surface area contributed by atoms with Gasteiger partial charge in [-0.1, -0.05) is 54.6 Å². The third kappa shape index (κ3) is 3.86. The van der Waals surface area contributed by atoms with Crippen LogP contribution in [0, 0.1) is 5.41 Å². The first-order chi connectivity index (χ1) is 12.2. The second-order valence-corrected chi connectivity index (χ2v) is 5.87. The molecular formula is C21H20N2O2. The van der Waals surface area contributed by atoms with Crippen molar-refractivity contribution in [3.05, 3.63) is 77.9 Å². The van der Waals surface area contributed by atoms with Gasteiger partial charge in [-0.25, -0.2) is 0 Å². The molecule has 0 atom stereocenters. The molecule has 4 nitrogen and oxygen atoms in total. The van der Waals surface area contributed by atoms with Gasteiger partial charge in [-0.2, -0.15) is 0 Å². The van der Waals surface area contributed by atoms with E-state index in [0.29, 0.717) is 12.3 Å². The van der Waals surface area contributed by atoms with Gasteiger partial charge in [-0.15, -0.1) is 0 Å². The van der Waals surface area contributed by atoms with Gasteiger partial charge in [0.1, 0.15) is 5.75 Å². The maximum atomic E-state index is 12.3. The molecule has 0 aliphatic carbocycles. The molecule has 0 bridgehead atoms. The Hall–Kier alpha value is -3.14. The van der Waals surface area contributed by atoms with E-state index in [1.165, 1.54) is 6.21 Å². The Morgan fingerprint density at radius 3 is 2.40 bits per heavy atom. The van der Waals surface area contributed by atoms with E-state index in [2.05, 4.69) is 0 Å². The highest BCUT2D eigenvalue weighted by molar-refractivity contribution is 6.01. The van der Waals surface area contributed by atoms with Crippen LogP contribution in [0.4, 0.5) is 0 Å². The Bertz CT molecular complexity index is 891. The first kappa shape index (κ1) is 16.7. The molecule has 3 aromatic carbocycles. The number of rotatable bonds is 6. The summed E-state index contributed by atoms with van der Waals surface area (Å²) in [6.45, 7) is 0.536. The highest BCUT2D eigenvalue weighted by Crippen LogP contribution is 2.27. The van der Waals surface area contributed by atoms with Crippen LogP contribution in [0.3, 0.4) is 0 Å². The van der Waals surface area contributed by atoms with Crippen LogP contribution in [-0.4, -0.2) is 30.7 Å². The molecule has 0 saturated heterocycles. The third-order valence-electron chi connectivity index (χ3n) is 4.11. The summed E-state index contributed by atoms with van der Waals surface area (Å²) in [4.78, 5) is 14.0. The van der Waals surface area contributed by atoms with Crippen molar-refractivity contribution in [3.63, 3.8) is 0 Å². The molecule has 0 aromatic heterocycles. The number of fused-ring (bicyclic) bond motifs is 1. The van der Waals surface area contributed by atoms with Crippen LogP contribution in [0.15, 0.2) is 66.7 Å². The fraction of sp³-hybridized carbons (Fsp3) is 0.143. The monoisotopic (exact) mass is 332 g/mol. The lowest BCUT2D eigenvalue weighted by molar-refractivity contribution is -0.132. The van der Waals surface area contributed by atoms with E-state index in [1.807, 2.05) is 66.7 Å². The molecule has 0 spiro atoms. The van der Waals surface area contributed by atoms with Crippen molar-refractivity contribution < 1.29 is 9.53 Å². The normalized spacial score (nSPS) is 10.4. The molecule has 1 amide bonds. The van der Waals surface area contributed by atoms with Crippen molar-refractivity contribution in [1.29, 1.82) is 5.41 Å². The average molecular weight is 332 g/mol. The second-order valence-electron chi connectivity index (χ2n) is 5.87. The van der Waals surface area contributed by atoms with Crippen molar-refractivity contribution in [2.24, 2.45) is 0 Å². The molecule has 0 aliphatic heterocycles. The topological polar surface area (TPSA) is 53.4 Å². The van der Waals surface area contributed by atoms with E-state index in [0.717, 1.165) is 21.9 Å². The van der Waals surface area contributed by atoms with Crippen molar-refractivity contribution in [1.82, 2.24) is 4.90 Å². The van der Waals surface area contributed by atoms with Gasteiger partial charge in [-0.05, 0) is 23.1 Å². The highest BCUT2D eigenvalue weighted by Gasteiger charge is 2.12. The zero-order chi connectivity index (χ0) is 17.6. The molecule has 4 heteroatoms. The lowest BCUT2D eigenvalue weighted by atomic mass is 10.0. The van der Waals surface area contributed by atoms with Crippen LogP contribution in [0.25, 0.3) is 10.8 Å². The summed E-state index contributed by atoms with van der Waals surface area (Å²) in [6, 6.07) is 21.3. The van der Waals surface area contributed by atoms with Crippen LogP contribution in [0.1, 0.15) is 11.1 Å². The summed E-state index contributed by atoms with van der Waals surface area (Å²) in [5, 5.41) is 9.35. The number of carbonyl (C=O) groups excluding carboxylic acids is 1. The number of carbonyl (C=O) groups is 1. The van der Waals surface area contributed by atoms with Crippen molar-refractivity contribution in [2.75, 3.05) is 13.7 Å². The van der Waals surface area contributed by atoms with Gasteiger partial charge in [0, 0.05) is 30.8 Å². The van der Waals surface area contributed by atoms with E-state index in [-0.39, 0.29) is 12.5 Å². The summed E-state index contributed by atoms with van der Waals surface area (Å²) >= 11 is 0. The number of nitrogens with zero attached hydrogens (tertiary/aromatic N) is 1. The molecule has 0 radical (unpaired) electrons. The minimum atomic E-state index is -0.0796. The summed E-state index contributed by atoms with van der Waals surface area (Å²) < 4.78 is 5.77. The maximum absolute atomic E-state index is 12.3. The molecule has 0 heterocycles. The average Bonchev–Trinajstić information content (AvgIpc) is 2.66. The molecule has 3 aromatic rings. The van der Waals surface area contributed by atoms with Gasteiger partial charge in [0.05, 0.1) is 0 Å². The zero-order valence-corrected chi connectivity index (χ0v) is 14.1. The first-order valence-electron chi connectivity index (χ1n) is 8.12. The Morgan fingerprint density at radius 2 is 1.68 bits per heavy atom. The van der Waals surface area contributed by atoms with Crippen molar-refractivity contribution in [3.8, 4) is 5.75 Å². The molecule has 1 N–H and O–H groups in total. The van der Waals surface area contributed by atoms with Crippen LogP contribution >= 0.6 is 0 Å². The van der Waals surface area contributed by atoms with Gasteiger partial charge in [0.2, 0.25) is 0 Å². The van der Waals surface area contributed by atoms with E-state index in [1.54, 1.807) is 11.9 Å². The SMILES string of the molecule is CN(Cc1ccccc1)C(=O)COc1ccc(C=N)c2ccccc12. The Labute approximate surface area is 147 Å². The fourth-order valence-corrected chi connectivity index (χ4v) is 2.74. The van der Waals surface area contributed by atoms with Gasteiger partial charge < -0.3 is 15.0 Å².